The largest absolute Gasteiger partial charge is 0.385 e. The quantitative estimate of drug-likeness (QED) is 0.915. The van der Waals surface area contributed by atoms with E-state index in [0.29, 0.717) is 23.1 Å². The molecular formula is C16H14FNO. The number of nitriles is 1. The van der Waals surface area contributed by atoms with E-state index in [1.165, 1.54) is 12.1 Å². The van der Waals surface area contributed by atoms with Crippen molar-refractivity contribution in [3.8, 4) is 6.07 Å². The van der Waals surface area contributed by atoms with Crippen molar-refractivity contribution in [2.45, 2.75) is 18.9 Å². The van der Waals surface area contributed by atoms with Gasteiger partial charge in [0, 0.05) is 6.42 Å². The molecule has 19 heavy (non-hydrogen) atoms. The molecule has 0 heterocycles. The van der Waals surface area contributed by atoms with Gasteiger partial charge in [-0.1, -0.05) is 24.3 Å². The Bertz CT molecular complexity index is 629. The van der Waals surface area contributed by atoms with Gasteiger partial charge in [0.25, 0.3) is 0 Å². The van der Waals surface area contributed by atoms with Crippen LogP contribution in [0.25, 0.3) is 0 Å². The van der Waals surface area contributed by atoms with E-state index in [2.05, 4.69) is 0 Å². The molecular weight excluding hydrogens is 241 g/mol. The Labute approximate surface area is 111 Å². The van der Waals surface area contributed by atoms with Gasteiger partial charge in [0.15, 0.2) is 0 Å². The summed E-state index contributed by atoms with van der Waals surface area (Å²) in [7, 11) is 0. The SMILES string of the molecule is CC(O)(Cc1cccc(F)c1)c1cccc(C#N)c1. The van der Waals surface area contributed by atoms with Crippen molar-refractivity contribution in [3.63, 3.8) is 0 Å². The average Bonchev–Trinajstić information content (AvgIpc) is 2.38. The van der Waals surface area contributed by atoms with Crippen LogP contribution in [0.5, 0.6) is 0 Å². The number of hydrogen-bond acceptors (Lipinski definition) is 2. The predicted octanol–water partition coefficient (Wildman–Crippen LogP) is 3.15. The Morgan fingerprint density at radius 2 is 1.95 bits per heavy atom. The third-order valence-electron chi connectivity index (χ3n) is 3.05. The zero-order valence-electron chi connectivity index (χ0n) is 10.6. The van der Waals surface area contributed by atoms with Crippen molar-refractivity contribution in [2.75, 3.05) is 0 Å². The summed E-state index contributed by atoms with van der Waals surface area (Å²) in [6.45, 7) is 1.66. The molecule has 1 unspecified atom stereocenters. The topological polar surface area (TPSA) is 44.0 Å². The number of nitrogens with zero attached hydrogens (tertiary/aromatic N) is 1. The third kappa shape index (κ3) is 3.18. The van der Waals surface area contributed by atoms with Crippen LogP contribution in [0.2, 0.25) is 0 Å². The Morgan fingerprint density at radius 1 is 1.21 bits per heavy atom. The van der Waals surface area contributed by atoms with Gasteiger partial charge in [0.1, 0.15) is 5.82 Å². The summed E-state index contributed by atoms with van der Waals surface area (Å²) in [6, 6.07) is 15.0. The molecule has 1 N–H and O–H groups in total. The highest BCUT2D eigenvalue weighted by Gasteiger charge is 2.24. The molecule has 0 amide bonds. The van der Waals surface area contributed by atoms with Crippen LogP contribution in [-0.2, 0) is 12.0 Å². The van der Waals surface area contributed by atoms with Crippen molar-refractivity contribution in [3.05, 3.63) is 71.0 Å². The fourth-order valence-corrected chi connectivity index (χ4v) is 2.07. The molecule has 1 atom stereocenters. The molecule has 0 aliphatic rings. The number of rotatable bonds is 3. The van der Waals surface area contributed by atoms with Gasteiger partial charge in [-0.2, -0.15) is 5.26 Å². The van der Waals surface area contributed by atoms with Crippen LogP contribution >= 0.6 is 0 Å². The molecule has 0 aliphatic carbocycles. The lowest BCUT2D eigenvalue weighted by Gasteiger charge is -2.24. The molecule has 0 fully saturated rings. The van der Waals surface area contributed by atoms with E-state index in [0.717, 1.165) is 0 Å². The maximum atomic E-state index is 13.1. The van der Waals surface area contributed by atoms with Gasteiger partial charge in [-0.25, -0.2) is 4.39 Å². The molecule has 0 bridgehead atoms. The van der Waals surface area contributed by atoms with Gasteiger partial charge in [0.05, 0.1) is 17.2 Å². The summed E-state index contributed by atoms with van der Waals surface area (Å²) in [5.41, 5.74) is 0.723. The Hall–Kier alpha value is -2.18. The summed E-state index contributed by atoms with van der Waals surface area (Å²) in [4.78, 5) is 0. The van der Waals surface area contributed by atoms with E-state index in [-0.39, 0.29) is 5.82 Å². The van der Waals surface area contributed by atoms with Gasteiger partial charge in [-0.05, 0) is 42.3 Å². The fraction of sp³-hybridized carbons (Fsp3) is 0.188. The number of hydrogen-bond donors (Lipinski definition) is 1. The van der Waals surface area contributed by atoms with Gasteiger partial charge >= 0.3 is 0 Å². The maximum Gasteiger partial charge on any atom is 0.123 e. The van der Waals surface area contributed by atoms with Crippen molar-refractivity contribution >= 4 is 0 Å². The molecule has 3 heteroatoms. The molecule has 2 rings (SSSR count). The molecule has 2 aromatic carbocycles. The van der Waals surface area contributed by atoms with E-state index >= 15 is 0 Å². The summed E-state index contributed by atoms with van der Waals surface area (Å²) in [5.74, 6) is -0.320. The maximum absolute atomic E-state index is 13.1. The molecule has 2 aromatic rings. The van der Waals surface area contributed by atoms with Gasteiger partial charge in [-0.15, -0.1) is 0 Å². The van der Waals surface area contributed by atoms with Crippen LogP contribution in [0.4, 0.5) is 4.39 Å². The first-order valence-electron chi connectivity index (χ1n) is 5.99. The number of halogens is 1. The standard InChI is InChI=1S/C16H14FNO/c1-16(19,10-12-4-3-7-15(17)9-12)14-6-2-5-13(8-14)11-18/h2-9,19H,10H2,1H3. The van der Waals surface area contributed by atoms with Crippen LogP contribution in [0.3, 0.4) is 0 Å². The molecule has 0 saturated carbocycles. The third-order valence-corrected chi connectivity index (χ3v) is 3.05. The van der Waals surface area contributed by atoms with Crippen LogP contribution in [-0.4, -0.2) is 5.11 Å². The monoisotopic (exact) mass is 255 g/mol. The molecule has 2 nitrogen and oxygen atoms in total. The summed E-state index contributed by atoms with van der Waals surface area (Å²) in [6.07, 6.45) is 0.291. The van der Waals surface area contributed by atoms with Crippen molar-refractivity contribution in [2.24, 2.45) is 0 Å². The van der Waals surface area contributed by atoms with Crippen LogP contribution in [0.15, 0.2) is 48.5 Å². The van der Waals surface area contributed by atoms with E-state index in [1.54, 1.807) is 43.3 Å². The predicted molar refractivity (Wildman–Crippen MR) is 70.8 cm³/mol. The van der Waals surface area contributed by atoms with Gasteiger partial charge < -0.3 is 5.11 Å². The second-order valence-corrected chi connectivity index (χ2v) is 4.77. The lowest BCUT2D eigenvalue weighted by atomic mass is 9.88. The lowest BCUT2D eigenvalue weighted by molar-refractivity contribution is 0.0575. The van der Waals surface area contributed by atoms with E-state index in [1.807, 2.05) is 6.07 Å². The first-order chi connectivity index (χ1) is 9.01. The average molecular weight is 255 g/mol. The first-order valence-corrected chi connectivity index (χ1v) is 5.99. The highest BCUT2D eigenvalue weighted by molar-refractivity contribution is 5.36. The lowest BCUT2D eigenvalue weighted by Crippen LogP contribution is -2.24. The second-order valence-electron chi connectivity index (χ2n) is 4.77. The molecule has 0 radical (unpaired) electrons. The van der Waals surface area contributed by atoms with E-state index in [9.17, 15) is 9.50 Å². The highest BCUT2D eigenvalue weighted by atomic mass is 19.1. The van der Waals surface area contributed by atoms with Crippen molar-refractivity contribution < 1.29 is 9.50 Å². The van der Waals surface area contributed by atoms with Crippen molar-refractivity contribution in [1.29, 1.82) is 5.26 Å². The zero-order valence-corrected chi connectivity index (χ0v) is 10.6. The molecule has 0 spiro atoms. The Kier molecular flexibility index (Phi) is 3.64. The first kappa shape index (κ1) is 13.3. The Morgan fingerprint density at radius 3 is 2.63 bits per heavy atom. The fourth-order valence-electron chi connectivity index (χ4n) is 2.07. The molecule has 0 aromatic heterocycles. The number of benzene rings is 2. The van der Waals surface area contributed by atoms with E-state index < -0.39 is 5.60 Å². The zero-order chi connectivity index (χ0) is 13.9. The molecule has 96 valence electrons. The van der Waals surface area contributed by atoms with Crippen molar-refractivity contribution in [1.82, 2.24) is 0 Å². The number of aliphatic hydroxyl groups is 1. The molecule has 0 aliphatic heterocycles. The summed E-state index contributed by atoms with van der Waals surface area (Å²) in [5, 5.41) is 19.4. The van der Waals surface area contributed by atoms with Crippen LogP contribution in [0.1, 0.15) is 23.6 Å². The smallest absolute Gasteiger partial charge is 0.123 e. The van der Waals surface area contributed by atoms with Gasteiger partial charge in [0.2, 0.25) is 0 Å². The minimum atomic E-state index is -1.14. The van der Waals surface area contributed by atoms with Crippen LogP contribution < -0.4 is 0 Å². The highest BCUT2D eigenvalue weighted by Crippen LogP contribution is 2.26. The minimum absolute atomic E-state index is 0.291. The van der Waals surface area contributed by atoms with E-state index in [4.69, 9.17) is 5.26 Å². The summed E-state index contributed by atoms with van der Waals surface area (Å²) >= 11 is 0. The normalized spacial score (nSPS) is 13.6. The summed E-state index contributed by atoms with van der Waals surface area (Å²) < 4.78 is 13.1. The minimum Gasteiger partial charge on any atom is -0.385 e. The Balaban J connectivity index is 2.29. The second kappa shape index (κ2) is 5.21. The van der Waals surface area contributed by atoms with Crippen LogP contribution in [0, 0.1) is 17.1 Å². The van der Waals surface area contributed by atoms with Gasteiger partial charge in [-0.3, -0.25) is 0 Å². The molecule has 0 saturated heterocycles.